The molecule has 0 atom stereocenters. The van der Waals surface area contributed by atoms with Crippen LogP contribution in [0.15, 0.2) is 47.7 Å². The molecule has 0 saturated carbocycles. The van der Waals surface area contributed by atoms with E-state index in [0.717, 1.165) is 49.7 Å². The van der Waals surface area contributed by atoms with Crippen LogP contribution in [0, 0.1) is 5.92 Å². The average molecular weight is 383 g/mol. The van der Waals surface area contributed by atoms with Crippen LogP contribution < -0.4 is 10.6 Å². The maximum absolute atomic E-state index is 11.6. The molecule has 0 bridgehead atoms. The van der Waals surface area contributed by atoms with Gasteiger partial charge in [-0.05, 0) is 43.4 Å². The highest BCUT2D eigenvalue weighted by Crippen LogP contribution is 2.21. The molecule has 2 N–H and O–H groups in total. The lowest BCUT2D eigenvalue weighted by Gasteiger charge is -2.34. The summed E-state index contributed by atoms with van der Waals surface area (Å²) < 4.78 is 1.88. The molecule has 2 aromatic rings. The molecule has 1 amide bonds. The first kappa shape index (κ1) is 19.9. The number of benzene rings is 1. The summed E-state index contributed by atoms with van der Waals surface area (Å²) in [6, 6.07) is 10.1. The molecule has 3 rings (SSSR count). The van der Waals surface area contributed by atoms with Crippen LogP contribution in [0.25, 0.3) is 5.69 Å². The molecule has 150 valence electrons. The molecule has 1 aromatic carbocycles. The zero-order valence-electron chi connectivity index (χ0n) is 16.8. The van der Waals surface area contributed by atoms with Crippen molar-refractivity contribution in [3.8, 4) is 5.69 Å². The fraction of sp³-hybridized carbons (Fsp3) is 0.476. The SMILES string of the molecule is CCNC(=NCc1ccccc1-n1cccn1)N1CCC(CC(=O)NC)CC1. The fourth-order valence-electron chi connectivity index (χ4n) is 3.58. The van der Waals surface area contributed by atoms with Gasteiger partial charge in [0.2, 0.25) is 5.91 Å². The minimum atomic E-state index is 0.134. The molecule has 2 heterocycles. The van der Waals surface area contributed by atoms with Gasteiger partial charge in [0, 0.05) is 45.5 Å². The van der Waals surface area contributed by atoms with Crippen molar-refractivity contribution in [2.24, 2.45) is 10.9 Å². The van der Waals surface area contributed by atoms with Crippen molar-refractivity contribution in [3.63, 3.8) is 0 Å². The Kier molecular flexibility index (Phi) is 7.06. The number of hydrogen-bond donors (Lipinski definition) is 2. The van der Waals surface area contributed by atoms with Gasteiger partial charge >= 0.3 is 0 Å². The molecule has 28 heavy (non-hydrogen) atoms. The minimum Gasteiger partial charge on any atom is -0.359 e. The molecule has 1 aromatic heterocycles. The Morgan fingerprint density at radius 3 is 2.71 bits per heavy atom. The molecule has 0 radical (unpaired) electrons. The van der Waals surface area contributed by atoms with Gasteiger partial charge in [-0.25, -0.2) is 9.67 Å². The average Bonchev–Trinajstić information content (AvgIpc) is 3.26. The topological polar surface area (TPSA) is 74.5 Å². The van der Waals surface area contributed by atoms with Gasteiger partial charge in [-0.15, -0.1) is 0 Å². The molecule has 1 fully saturated rings. The number of aromatic nitrogens is 2. The first-order chi connectivity index (χ1) is 13.7. The number of carbonyl (C=O) groups excluding carboxylic acids is 1. The van der Waals surface area contributed by atoms with Crippen molar-refractivity contribution in [2.75, 3.05) is 26.7 Å². The second-order valence-corrected chi connectivity index (χ2v) is 7.06. The molecule has 7 nitrogen and oxygen atoms in total. The zero-order valence-corrected chi connectivity index (χ0v) is 16.8. The number of para-hydroxylation sites is 1. The summed E-state index contributed by atoms with van der Waals surface area (Å²) in [6.07, 6.45) is 6.39. The standard InChI is InChI=1S/C21H30N6O/c1-3-23-21(26-13-9-17(10-14-26)15-20(28)22-2)24-16-18-7-4-5-8-19(18)27-12-6-11-25-27/h4-8,11-12,17H,3,9-10,13-16H2,1-2H3,(H,22,28)(H,23,24). The van der Waals surface area contributed by atoms with Crippen molar-refractivity contribution in [2.45, 2.75) is 32.7 Å². The number of aliphatic imine (C=N–C) groups is 1. The maximum atomic E-state index is 11.6. The summed E-state index contributed by atoms with van der Waals surface area (Å²) in [5.74, 6) is 1.53. The van der Waals surface area contributed by atoms with E-state index in [-0.39, 0.29) is 5.91 Å². The van der Waals surface area contributed by atoms with E-state index in [0.29, 0.717) is 18.9 Å². The summed E-state index contributed by atoms with van der Waals surface area (Å²) in [6.45, 7) is 5.36. The fourth-order valence-corrected chi connectivity index (χ4v) is 3.58. The minimum absolute atomic E-state index is 0.134. The smallest absolute Gasteiger partial charge is 0.220 e. The lowest BCUT2D eigenvalue weighted by molar-refractivity contribution is -0.121. The maximum Gasteiger partial charge on any atom is 0.220 e. The monoisotopic (exact) mass is 382 g/mol. The predicted molar refractivity (Wildman–Crippen MR) is 111 cm³/mol. The van der Waals surface area contributed by atoms with E-state index < -0.39 is 0 Å². The molecule has 0 spiro atoms. The number of amides is 1. The Hall–Kier alpha value is -2.83. The normalized spacial score (nSPS) is 15.5. The van der Waals surface area contributed by atoms with Crippen LogP contribution >= 0.6 is 0 Å². The Labute approximate surface area is 166 Å². The number of rotatable bonds is 6. The third-order valence-corrected chi connectivity index (χ3v) is 5.14. The van der Waals surface area contributed by atoms with Crippen LogP contribution in [0.2, 0.25) is 0 Å². The molecular formula is C21H30N6O. The van der Waals surface area contributed by atoms with E-state index in [9.17, 15) is 4.79 Å². The summed E-state index contributed by atoms with van der Waals surface area (Å²) in [5.41, 5.74) is 2.19. The molecule has 1 aliphatic heterocycles. The van der Waals surface area contributed by atoms with E-state index in [1.165, 1.54) is 0 Å². The van der Waals surface area contributed by atoms with Crippen molar-refractivity contribution in [1.82, 2.24) is 25.3 Å². The Bertz CT molecular complexity index is 778. The highest BCUT2D eigenvalue weighted by molar-refractivity contribution is 5.80. The highest BCUT2D eigenvalue weighted by Gasteiger charge is 2.23. The second kappa shape index (κ2) is 9.92. The van der Waals surface area contributed by atoms with E-state index >= 15 is 0 Å². The van der Waals surface area contributed by atoms with Gasteiger partial charge in [0.15, 0.2) is 5.96 Å². The molecule has 0 unspecified atom stereocenters. The summed E-state index contributed by atoms with van der Waals surface area (Å²) in [5, 5.41) is 10.5. The number of nitrogens with zero attached hydrogens (tertiary/aromatic N) is 4. The van der Waals surface area contributed by atoms with Crippen LogP contribution in [-0.4, -0.2) is 53.2 Å². The third kappa shape index (κ3) is 5.12. The van der Waals surface area contributed by atoms with Crippen molar-refractivity contribution >= 4 is 11.9 Å². The number of hydrogen-bond acceptors (Lipinski definition) is 3. The van der Waals surface area contributed by atoms with Gasteiger partial charge in [-0.3, -0.25) is 4.79 Å². The first-order valence-corrected chi connectivity index (χ1v) is 10.0. The summed E-state index contributed by atoms with van der Waals surface area (Å²) in [7, 11) is 1.70. The van der Waals surface area contributed by atoms with E-state index in [2.05, 4.69) is 39.7 Å². The molecule has 7 heteroatoms. The number of carbonyl (C=O) groups is 1. The molecule has 1 aliphatic rings. The number of piperidine rings is 1. The Morgan fingerprint density at radius 1 is 1.25 bits per heavy atom. The Balaban J connectivity index is 1.67. The van der Waals surface area contributed by atoms with E-state index in [4.69, 9.17) is 4.99 Å². The van der Waals surface area contributed by atoms with Gasteiger partial charge < -0.3 is 15.5 Å². The zero-order chi connectivity index (χ0) is 19.8. The number of guanidine groups is 1. The van der Waals surface area contributed by atoms with Crippen LogP contribution in [0.1, 0.15) is 31.7 Å². The highest BCUT2D eigenvalue weighted by atomic mass is 16.1. The van der Waals surface area contributed by atoms with Gasteiger partial charge in [0.25, 0.3) is 0 Å². The van der Waals surface area contributed by atoms with E-state index in [1.807, 2.05) is 29.1 Å². The van der Waals surface area contributed by atoms with Gasteiger partial charge in [-0.2, -0.15) is 5.10 Å². The molecule has 0 aliphatic carbocycles. The lowest BCUT2D eigenvalue weighted by atomic mass is 9.93. The largest absolute Gasteiger partial charge is 0.359 e. The van der Waals surface area contributed by atoms with Crippen molar-refractivity contribution in [3.05, 3.63) is 48.3 Å². The predicted octanol–water partition coefficient (Wildman–Crippen LogP) is 2.19. The van der Waals surface area contributed by atoms with Crippen molar-refractivity contribution < 1.29 is 4.79 Å². The first-order valence-electron chi connectivity index (χ1n) is 10.0. The van der Waals surface area contributed by atoms with Crippen LogP contribution in [0.5, 0.6) is 0 Å². The number of nitrogens with one attached hydrogen (secondary N) is 2. The van der Waals surface area contributed by atoms with Crippen molar-refractivity contribution in [1.29, 1.82) is 0 Å². The number of likely N-dealkylation sites (tertiary alicyclic amines) is 1. The van der Waals surface area contributed by atoms with Gasteiger partial charge in [-0.1, -0.05) is 18.2 Å². The van der Waals surface area contributed by atoms with Crippen LogP contribution in [0.3, 0.4) is 0 Å². The molecule has 1 saturated heterocycles. The third-order valence-electron chi connectivity index (χ3n) is 5.14. The summed E-state index contributed by atoms with van der Waals surface area (Å²) in [4.78, 5) is 18.8. The summed E-state index contributed by atoms with van der Waals surface area (Å²) >= 11 is 0. The van der Waals surface area contributed by atoms with Crippen LogP contribution in [0.4, 0.5) is 0 Å². The lowest BCUT2D eigenvalue weighted by Crippen LogP contribution is -2.46. The van der Waals surface area contributed by atoms with Gasteiger partial charge in [0.05, 0.1) is 12.2 Å². The Morgan fingerprint density at radius 2 is 2.04 bits per heavy atom. The molecular weight excluding hydrogens is 352 g/mol. The van der Waals surface area contributed by atoms with Gasteiger partial charge in [0.1, 0.15) is 0 Å². The van der Waals surface area contributed by atoms with E-state index in [1.54, 1.807) is 13.2 Å². The quantitative estimate of drug-likeness (QED) is 0.593. The second-order valence-electron chi connectivity index (χ2n) is 7.06. The van der Waals surface area contributed by atoms with Crippen LogP contribution in [-0.2, 0) is 11.3 Å².